The van der Waals surface area contributed by atoms with Gasteiger partial charge in [-0.15, -0.1) is 0 Å². The molecule has 0 bridgehead atoms. The molecule has 0 spiro atoms. The molecule has 0 saturated heterocycles. The monoisotopic (exact) mass is 384 g/mol. The predicted octanol–water partition coefficient (Wildman–Crippen LogP) is 6.59. The highest BCUT2D eigenvalue weighted by Gasteiger charge is 2.16. The minimum absolute atomic E-state index is 0.553. The fourth-order valence-electron chi connectivity index (χ4n) is 2.88. The van der Waals surface area contributed by atoms with Gasteiger partial charge in [-0.05, 0) is 48.4 Å². The zero-order chi connectivity index (χ0) is 18.7. The van der Waals surface area contributed by atoms with Gasteiger partial charge in [-0.1, -0.05) is 47.5 Å². The maximum Gasteiger partial charge on any atom is 0.135 e. The summed E-state index contributed by atoms with van der Waals surface area (Å²) in [6.07, 6.45) is 0. The van der Waals surface area contributed by atoms with Crippen LogP contribution in [0.2, 0.25) is 10.0 Å². The summed E-state index contributed by atoms with van der Waals surface area (Å²) in [5.74, 6) is 0.686. The maximum atomic E-state index is 6.50. The Balaban J connectivity index is 2.20. The molecule has 0 unspecified atom stereocenters. The quantitative estimate of drug-likeness (QED) is 0.491. The van der Waals surface area contributed by atoms with Gasteiger partial charge in [0, 0.05) is 42.0 Å². The molecule has 0 aromatic heterocycles. The highest BCUT2D eigenvalue weighted by Crippen LogP contribution is 2.42. The van der Waals surface area contributed by atoms with Crippen LogP contribution in [0.25, 0.3) is 22.3 Å². The molecule has 0 amide bonds. The second-order valence-electron chi connectivity index (χ2n) is 6.09. The molecule has 3 aromatic carbocycles. The van der Waals surface area contributed by atoms with Gasteiger partial charge in [-0.25, -0.2) is 0 Å². The van der Waals surface area contributed by atoms with Gasteiger partial charge in [0.05, 0.1) is 11.6 Å². The number of halogens is 2. The van der Waals surface area contributed by atoms with Crippen LogP contribution in [0.15, 0.2) is 54.6 Å². The first kappa shape index (κ1) is 18.6. The van der Waals surface area contributed by atoms with E-state index in [1.807, 2.05) is 45.3 Å². The molecule has 0 aliphatic rings. The van der Waals surface area contributed by atoms with Crippen molar-refractivity contribution in [3.8, 4) is 28.0 Å². The van der Waals surface area contributed by atoms with Crippen molar-refractivity contribution in [2.24, 2.45) is 0 Å². The molecule has 0 fully saturated rings. The van der Waals surface area contributed by atoms with Crippen LogP contribution in [0, 0.1) is 6.07 Å². The summed E-state index contributed by atoms with van der Waals surface area (Å²) in [5.41, 5.74) is 5.08. The second-order valence-corrected chi connectivity index (χ2v) is 6.94. The highest BCUT2D eigenvalue weighted by molar-refractivity contribution is 6.36. The molecular weight excluding hydrogens is 365 g/mol. The summed E-state index contributed by atoms with van der Waals surface area (Å²) in [5, 5.41) is 1.19. The molecule has 0 aliphatic heterocycles. The lowest BCUT2D eigenvalue weighted by molar-refractivity contribution is 0.341. The van der Waals surface area contributed by atoms with Crippen LogP contribution in [0.1, 0.15) is 6.92 Å². The zero-order valence-electron chi connectivity index (χ0n) is 15.0. The van der Waals surface area contributed by atoms with E-state index >= 15 is 0 Å². The fraction of sp³-hybridized carbons (Fsp3) is 0.182. The average Bonchev–Trinajstić information content (AvgIpc) is 2.62. The Hall–Kier alpha value is -2.16. The molecule has 3 aromatic rings. The number of rotatable bonds is 5. The number of anilines is 1. The number of nitrogens with zero attached hydrogens (tertiary/aromatic N) is 1. The van der Waals surface area contributed by atoms with Gasteiger partial charge >= 0.3 is 0 Å². The van der Waals surface area contributed by atoms with Gasteiger partial charge in [-0.3, -0.25) is 0 Å². The Morgan fingerprint density at radius 3 is 2.31 bits per heavy atom. The van der Waals surface area contributed by atoms with Crippen LogP contribution in [-0.2, 0) is 0 Å². The van der Waals surface area contributed by atoms with E-state index in [4.69, 9.17) is 27.9 Å². The summed E-state index contributed by atoms with van der Waals surface area (Å²) in [6, 6.07) is 21.0. The third-order valence-corrected chi connectivity index (χ3v) is 4.69. The lowest BCUT2D eigenvalue weighted by Crippen LogP contribution is -2.07. The molecule has 1 radical (unpaired) electrons. The van der Waals surface area contributed by atoms with Gasteiger partial charge in [0.15, 0.2) is 0 Å². The molecule has 2 nitrogen and oxygen atoms in total. The van der Waals surface area contributed by atoms with Crippen molar-refractivity contribution in [3.63, 3.8) is 0 Å². The lowest BCUT2D eigenvalue weighted by Gasteiger charge is -2.18. The standard InChI is InChI=1S/C22H20Cl2NO/c1-4-26-21-7-5-6-18(15-8-11-17(12-9-15)25(2)3)22(21)19-13-10-16(23)14-20(19)24/h5-6,8-14H,4H2,1-3H3. The van der Waals surface area contributed by atoms with Crippen molar-refractivity contribution in [2.45, 2.75) is 6.92 Å². The smallest absolute Gasteiger partial charge is 0.135 e. The Bertz CT molecular complexity index is 905. The van der Waals surface area contributed by atoms with Gasteiger partial charge in [0.1, 0.15) is 5.75 Å². The van der Waals surface area contributed by atoms with E-state index < -0.39 is 0 Å². The van der Waals surface area contributed by atoms with Gasteiger partial charge in [-0.2, -0.15) is 0 Å². The van der Waals surface area contributed by atoms with Crippen molar-refractivity contribution < 1.29 is 4.74 Å². The van der Waals surface area contributed by atoms with E-state index in [2.05, 4.69) is 35.2 Å². The molecule has 133 valence electrons. The van der Waals surface area contributed by atoms with Crippen LogP contribution in [0.4, 0.5) is 5.69 Å². The number of hydrogen-bond donors (Lipinski definition) is 0. The Morgan fingerprint density at radius 1 is 0.962 bits per heavy atom. The van der Waals surface area contributed by atoms with E-state index in [0.29, 0.717) is 22.4 Å². The predicted molar refractivity (Wildman–Crippen MR) is 112 cm³/mol. The Kier molecular flexibility index (Phi) is 5.75. The normalized spacial score (nSPS) is 10.7. The van der Waals surface area contributed by atoms with E-state index in [0.717, 1.165) is 27.9 Å². The third-order valence-electron chi connectivity index (χ3n) is 4.14. The number of ether oxygens (including phenoxy) is 1. The molecule has 0 heterocycles. The number of benzene rings is 3. The summed E-state index contributed by atoms with van der Waals surface area (Å²) in [4.78, 5) is 2.07. The van der Waals surface area contributed by atoms with Gasteiger partial charge in [0.25, 0.3) is 0 Å². The molecule has 4 heteroatoms. The molecule has 0 aliphatic carbocycles. The third kappa shape index (κ3) is 3.82. The Morgan fingerprint density at radius 2 is 1.69 bits per heavy atom. The van der Waals surface area contributed by atoms with Crippen LogP contribution in [-0.4, -0.2) is 20.7 Å². The van der Waals surface area contributed by atoms with E-state index in [-0.39, 0.29) is 0 Å². The van der Waals surface area contributed by atoms with E-state index in [1.165, 1.54) is 0 Å². The van der Waals surface area contributed by atoms with Crippen LogP contribution >= 0.6 is 23.2 Å². The van der Waals surface area contributed by atoms with Crippen LogP contribution in [0.3, 0.4) is 0 Å². The van der Waals surface area contributed by atoms with E-state index in [1.54, 1.807) is 6.07 Å². The summed E-state index contributed by atoms with van der Waals surface area (Å²) in [6.45, 7) is 2.51. The van der Waals surface area contributed by atoms with Crippen LogP contribution < -0.4 is 9.64 Å². The Labute approximate surface area is 164 Å². The highest BCUT2D eigenvalue weighted by atomic mass is 35.5. The van der Waals surface area contributed by atoms with Gasteiger partial charge < -0.3 is 9.64 Å². The van der Waals surface area contributed by atoms with Crippen molar-refractivity contribution >= 4 is 28.9 Å². The molecule has 0 atom stereocenters. The minimum atomic E-state index is 0.553. The van der Waals surface area contributed by atoms with Crippen molar-refractivity contribution in [2.75, 3.05) is 25.6 Å². The first-order chi connectivity index (χ1) is 12.5. The molecule has 0 N–H and O–H groups in total. The van der Waals surface area contributed by atoms with Crippen LogP contribution in [0.5, 0.6) is 5.75 Å². The van der Waals surface area contributed by atoms with Gasteiger partial charge in [0.2, 0.25) is 0 Å². The second kappa shape index (κ2) is 8.03. The summed E-state index contributed by atoms with van der Waals surface area (Å²) < 4.78 is 5.85. The largest absolute Gasteiger partial charge is 0.493 e. The fourth-order valence-corrected chi connectivity index (χ4v) is 3.38. The summed E-state index contributed by atoms with van der Waals surface area (Å²) >= 11 is 12.6. The topological polar surface area (TPSA) is 12.5 Å². The first-order valence-electron chi connectivity index (χ1n) is 8.42. The van der Waals surface area contributed by atoms with Crippen molar-refractivity contribution in [3.05, 3.63) is 70.7 Å². The number of hydrogen-bond acceptors (Lipinski definition) is 2. The SMILES string of the molecule is CCOc1[c]ccc(-c2ccc(N(C)C)cc2)c1-c1ccc(Cl)cc1Cl. The maximum absolute atomic E-state index is 6.50. The zero-order valence-corrected chi connectivity index (χ0v) is 16.5. The van der Waals surface area contributed by atoms with Crippen molar-refractivity contribution in [1.82, 2.24) is 0 Å². The summed E-state index contributed by atoms with van der Waals surface area (Å²) in [7, 11) is 4.05. The molecule has 3 rings (SSSR count). The van der Waals surface area contributed by atoms with E-state index in [9.17, 15) is 0 Å². The van der Waals surface area contributed by atoms with Crippen molar-refractivity contribution in [1.29, 1.82) is 0 Å². The molecule has 0 saturated carbocycles. The average molecular weight is 385 g/mol. The molecule has 26 heavy (non-hydrogen) atoms. The first-order valence-corrected chi connectivity index (χ1v) is 9.17. The molecular formula is C22H20Cl2NO. The lowest BCUT2D eigenvalue weighted by atomic mass is 9.93. The minimum Gasteiger partial charge on any atom is -0.493 e.